The fourth-order valence-corrected chi connectivity index (χ4v) is 4.27. The monoisotopic (exact) mass is 415 g/mol. The number of halogens is 1. The lowest BCUT2D eigenvalue weighted by Gasteiger charge is -2.13. The van der Waals surface area contributed by atoms with E-state index in [1.807, 2.05) is 24.6 Å². The first-order chi connectivity index (χ1) is 12.1. The number of Topliss-reactive ketones (excluding diaryl/α,β-unsaturated/α-hetero) is 1. The Bertz CT molecular complexity index is 725. The van der Waals surface area contributed by atoms with Crippen molar-refractivity contribution in [3.05, 3.63) is 29.7 Å². The van der Waals surface area contributed by atoms with Gasteiger partial charge in [0.05, 0.1) is 0 Å². The molecule has 25 heavy (non-hydrogen) atoms. The molecule has 1 atom stereocenters. The van der Waals surface area contributed by atoms with Gasteiger partial charge in [0, 0.05) is 30.1 Å². The van der Waals surface area contributed by atoms with E-state index >= 15 is 0 Å². The van der Waals surface area contributed by atoms with Crippen molar-refractivity contribution >= 4 is 63.2 Å². The lowest BCUT2D eigenvalue weighted by Crippen LogP contribution is -2.31. The number of thiazole rings is 1. The Morgan fingerprint density at radius 3 is 2.80 bits per heavy atom. The molecule has 1 unspecified atom stereocenters. The molecule has 1 amide bonds. The summed E-state index contributed by atoms with van der Waals surface area (Å²) in [4.78, 5) is 33.2. The fourth-order valence-electron chi connectivity index (χ4n) is 2.05. The molecule has 2 heterocycles. The van der Waals surface area contributed by atoms with Crippen molar-refractivity contribution in [1.29, 1.82) is 0 Å². The number of anilines is 1. The van der Waals surface area contributed by atoms with Gasteiger partial charge in [0.2, 0.25) is 5.91 Å². The highest BCUT2D eigenvalue weighted by Gasteiger charge is 2.27. The van der Waals surface area contributed by atoms with Crippen molar-refractivity contribution in [3.8, 4) is 10.6 Å². The molecule has 0 aliphatic rings. The predicted molar refractivity (Wildman–Crippen MR) is 109 cm³/mol. The summed E-state index contributed by atoms with van der Waals surface area (Å²) >= 11 is 10.5. The van der Waals surface area contributed by atoms with Gasteiger partial charge in [0.1, 0.15) is 21.7 Å². The maximum Gasteiger partial charge on any atom is 0.236 e. The van der Waals surface area contributed by atoms with E-state index in [0.717, 1.165) is 5.56 Å². The third kappa shape index (κ3) is 5.70. The number of nitrogens with one attached hydrogen (secondary N) is 1. The van der Waals surface area contributed by atoms with E-state index in [1.165, 1.54) is 23.1 Å². The molecule has 5 nitrogen and oxygen atoms in total. The Balaban J connectivity index is 2.12. The third-order valence-electron chi connectivity index (χ3n) is 3.32. The maximum atomic E-state index is 12.6. The number of ketones is 1. The molecule has 0 aromatic carbocycles. The van der Waals surface area contributed by atoms with Crippen LogP contribution in [0.3, 0.4) is 0 Å². The Morgan fingerprint density at radius 1 is 1.36 bits per heavy atom. The lowest BCUT2D eigenvalue weighted by atomic mass is 10.0. The second kappa shape index (κ2) is 10.2. The minimum Gasteiger partial charge on any atom is -0.314 e. The van der Waals surface area contributed by atoms with Gasteiger partial charge < -0.3 is 5.32 Å². The molecule has 0 aliphatic heterocycles. The zero-order valence-corrected chi connectivity index (χ0v) is 17.0. The van der Waals surface area contributed by atoms with E-state index in [2.05, 4.69) is 15.3 Å². The zero-order chi connectivity index (χ0) is 18.2. The largest absolute Gasteiger partial charge is 0.314 e. The molecule has 1 N–H and O–H groups in total. The van der Waals surface area contributed by atoms with E-state index < -0.39 is 5.92 Å². The zero-order valence-electron chi connectivity index (χ0n) is 13.8. The topological polar surface area (TPSA) is 72.0 Å². The second-order valence-corrected chi connectivity index (χ2v) is 8.34. The van der Waals surface area contributed by atoms with Crippen LogP contribution in [0.1, 0.15) is 6.42 Å². The van der Waals surface area contributed by atoms with Gasteiger partial charge in [-0.15, -0.1) is 0 Å². The molecule has 134 valence electrons. The number of amides is 1. The van der Waals surface area contributed by atoms with Gasteiger partial charge >= 0.3 is 0 Å². The van der Waals surface area contributed by atoms with Crippen LogP contribution in [0.2, 0.25) is 5.15 Å². The standard InChI is InChI=1S/C16H18ClN3O2S3/c1-23-7-5-12(21)11(9-24-2)14(22)20-16-13(17)19-15(25-16)10-4-3-6-18-8-10/h3-4,6,8,11H,5,7,9H2,1-2H3,(H,20,22). The molecule has 0 spiro atoms. The second-order valence-electron chi connectivity index (χ2n) is 5.09. The summed E-state index contributed by atoms with van der Waals surface area (Å²) in [5.41, 5.74) is 0.826. The normalized spacial score (nSPS) is 12.0. The highest BCUT2D eigenvalue weighted by atomic mass is 35.5. The minimum absolute atomic E-state index is 0.0469. The SMILES string of the molecule is CSCCC(=O)C(CSC)C(=O)Nc1sc(-c2cccnc2)nc1Cl. The predicted octanol–water partition coefficient (Wildman–Crippen LogP) is 4.10. The Hall–Kier alpha value is -1.09. The number of thioether (sulfide) groups is 2. The average molecular weight is 416 g/mol. The molecule has 0 bridgehead atoms. The van der Waals surface area contributed by atoms with Crippen LogP contribution in [-0.2, 0) is 9.59 Å². The number of carbonyl (C=O) groups is 2. The first-order valence-electron chi connectivity index (χ1n) is 7.45. The minimum atomic E-state index is -0.679. The van der Waals surface area contributed by atoms with Crippen LogP contribution in [0.4, 0.5) is 5.00 Å². The molecule has 0 fully saturated rings. The van der Waals surface area contributed by atoms with Gasteiger partial charge in [0.25, 0.3) is 0 Å². The smallest absolute Gasteiger partial charge is 0.236 e. The molecular weight excluding hydrogens is 398 g/mol. The number of nitrogens with zero attached hydrogens (tertiary/aromatic N) is 2. The number of aromatic nitrogens is 2. The van der Waals surface area contributed by atoms with E-state index in [4.69, 9.17) is 11.6 Å². The third-order valence-corrected chi connectivity index (χ3v) is 6.01. The van der Waals surface area contributed by atoms with Crippen molar-refractivity contribution in [3.63, 3.8) is 0 Å². The van der Waals surface area contributed by atoms with Crippen LogP contribution < -0.4 is 5.32 Å². The summed E-state index contributed by atoms with van der Waals surface area (Å²) < 4.78 is 0. The lowest BCUT2D eigenvalue weighted by molar-refractivity contribution is -0.129. The summed E-state index contributed by atoms with van der Waals surface area (Å²) in [7, 11) is 0. The molecule has 0 saturated carbocycles. The van der Waals surface area contributed by atoms with Crippen LogP contribution in [0.5, 0.6) is 0 Å². The van der Waals surface area contributed by atoms with Gasteiger partial charge in [-0.25, -0.2) is 4.98 Å². The molecule has 0 aliphatic carbocycles. The molecule has 0 saturated heterocycles. The van der Waals surface area contributed by atoms with Gasteiger partial charge in [-0.05, 0) is 30.4 Å². The average Bonchev–Trinajstić information content (AvgIpc) is 2.98. The number of rotatable bonds is 9. The summed E-state index contributed by atoms with van der Waals surface area (Å²) in [5.74, 6) is 0.106. The molecular formula is C16H18ClN3O2S3. The van der Waals surface area contributed by atoms with Crippen LogP contribution in [0.15, 0.2) is 24.5 Å². The van der Waals surface area contributed by atoms with Gasteiger partial charge in [0.15, 0.2) is 5.15 Å². The molecule has 2 aromatic rings. The molecule has 2 aromatic heterocycles. The van der Waals surface area contributed by atoms with E-state index in [9.17, 15) is 9.59 Å². The number of hydrogen-bond donors (Lipinski definition) is 1. The van der Waals surface area contributed by atoms with Crippen LogP contribution in [0.25, 0.3) is 10.6 Å². The van der Waals surface area contributed by atoms with E-state index in [-0.39, 0.29) is 16.8 Å². The first kappa shape index (κ1) is 20.2. The summed E-state index contributed by atoms with van der Waals surface area (Å²) in [6, 6.07) is 3.68. The fraction of sp³-hybridized carbons (Fsp3) is 0.375. The molecule has 9 heteroatoms. The summed E-state index contributed by atoms with van der Waals surface area (Å²) in [6.07, 6.45) is 7.56. The van der Waals surface area contributed by atoms with Crippen molar-refractivity contribution in [1.82, 2.24) is 9.97 Å². The summed E-state index contributed by atoms with van der Waals surface area (Å²) in [6.45, 7) is 0. The number of hydrogen-bond acceptors (Lipinski definition) is 7. The Kier molecular flexibility index (Phi) is 8.21. The maximum absolute atomic E-state index is 12.6. The van der Waals surface area contributed by atoms with Crippen molar-refractivity contribution in [2.75, 3.05) is 29.3 Å². The van der Waals surface area contributed by atoms with Crippen molar-refractivity contribution in [2.45, 2.75) is 6.42 Å². The first-order valence-corrected chi connectivity index (χ1v) is 11.4. The van der Waals surface area contributed by atoms with Crippen LogP contribution in [-0.4, -0.2) is 45.7 Å². The highest BCUT2D eigenvalue weighted by molar-refractivity contribution is 7.98. The van der Waals surface area contributed by atoms with Crippen molar-refractivity contribution in [2.24, 2.45) is 5.92 Å². The van der Waals surface area contributed by atoms with Gasteiger partial charge in [-0.1, -0.05) is 22.9 Å². The Labute approximate surface area is 164 Å². The van der Waals surface area contributed by atoms with E-state index in [1.54, 1.807) is 24.2 Å². The Morgan fingerprint density at radius 2 is 2.16 bits per heavy atom. The van der Waals surface area contributed by atoms with Gasteiger partial charge in [-0.3, -0.25) is 14.6 Å². The van der Waals surface area contributed by atoms with Crippen LogP contribution >= 0.6 is 46.5 Å². The quantitative estimate of drug-likeness (QED) is 0.621. The highest BCUT2D eigenvalue weighted by Crippen LogP contribution is 2.35. The van der Waals surface area contributed by atoms with Crippen LogP contribution in [0, 0.1) is 5.92 Å². The van der Waals surface area contributed by atoms with Crippen molar-refractivity contribution < 1.29 is 9.59 Å². The number of pyridine rings is 1. The van der Waals surface area contributed by atoms with E-state index in [0.29, 0.717) is 27.9 Å². The number of carbonyl (C=O) groups excluding carboxylic acids is 2. The summed E-state index contributed by atoms with van der Waals surface area (Å²) in [5, 5.41) is 4.11. The molecule has 2 rings (SSSR count). The van der Waals surface area contributed by atoms with Gasteiger partial charge in [-0.2, -0.15) is 23.5 Å². The molecule has 0 radical (unpaired) electrons.